The van der Waals surface area contributed by atoms with E-state index in [0.717, 1.165) is 12.1 Å². The molecule has 0 unspecified atom stereocenters. The Kier molecular flexibility index (Phi) is 2.96. The molecular formula is C8H4ClF3N2. The van der Waals surface area contributed by atoms with E-state index in [1.807, 2.05) is 0 Å². The van der Waals surface area contributed by atoms with Gasteiger partial charge in [-0.05, 0) is 6.07 Å². The molecule has 1 aromatic heterocycles. The van der Waals surface area contributed by atoms with E-state index in [2.05, 4.69) is 4.98 Å². The molecule has 0 bridgehead atoms. The van der Waals surface area contributed by atoms with Gasteiger partial charge in [0.15, 0.2) is 0 Å². The molecule has 6 heteroatoms. The van der Waals surface area contributed by atoms with E-state index in [0.29, 0.717) is 5.56 Å². The predicted octanol–water partition coefficient (Wildman–Crippen LogP) is 2.82. The minimum absolute atomic E-state index is 0.0516. The maximum atomic E-state index is 12.1. The van der Waals surface area contributed by atoms with Gasteiger partial charge in [-0.2, -0.15) is 18.4 Å². The zero-order valence-corrected chi connectivity index (χ0v) is 7.52. The first-order valence-corrected chi connectivity index (χ1v) is 3.92. The van der Waals surface area contributed by atoms with Crippen molar-refractivity contribution in [2.75, 3.05) is 0 Å². The SMILES string of the molecule is N#CCc1ccc(C(F)(F)F)nc1Cl. The summed E-state index contributed by atoms with van der Waals surface area (Å²) in [6.45, 7) is 0. The summed E-state index contributed by atoms with van der Waals surface area (Å²) >= 11 is 5.45. The Morgan fingerprint density at radius 2 is 2.07 bits per heavy atom. The number of halogens is 4. The summed E-state index contributed by atoms with van der Waals surface area (Å²) in [5.74, 6) is 0. The maximum Gasteiger partial charge on any atom is 0.433 e. The predicted molar refractivity (Wildman–Crippen MR) is 43.6 cm³/mol. The summed E-state index contributed by atoms with van der Waals surface area (Å²) in [4.78, 5) is 3.15. The standard InChI is InChI=1S/C8H4ClF3N2/c9-7-5(3-4-13)1-2-6(14-7)8(10,11)12/h1-2H,3H2. The quantitative estimate of drug-likeness (QED) is 0.683. The second kappa shape index (κ2) is 3.84. The van der Waals surface area contributed by atoms with Crippen molar-refractivity contribution in [3.63, 3.8) is 0 Å². The van der Waals surface area contributed by atoms with Gasteiger partial charge in [0.1, 0.15) is 10.8 Å². The molecule has 0 aliphatic heterocycles. The zero-order chi connectivity index (χ0) is 10.8. The van der Waals surface area contributed by atoms with Gasteiger partial charge in [-0.1, -0.05) is 17.7 Å². The van der Waals surface area contributed by atoms with Crippen LogP contribution in [0.5, 0.6) is 0 Å². The molecule has 2 nitrogen and oxygen atoms in total. The number of nitriles is 1. The number of hydrogen-bond acceptors (Lipinski definition) is 2. The topological polar surface area (TPSA) is 36.7 Å². The summed E-state index contributed by atoms with van der Waals surface area (Å²) in [6.07, 6.45) is -4.56. The Bertz CT molecular complexity index is 381. The van der Waals surface area contributed by atoms with Crippen molar-refractivity contribution in [1.82, 2.24) is 4.98 Å². The van der Waals surface area contributed by atoms with Gasteiger partial charge in [-0.15, -0.1) is 0 Å². The largest absolute Gasteiger partial charge is 0.433 e. The van der Waals surface area contributed by atoms with Crippen molar-refractivity contribution in [2.45, 2.75) is 12.6 Å². The van der Waals surface area contributed by atoms with Crippen LogP contribution in [0.25, 0.3) is 0 Å². The van der Waals surface area contributed by atoms with Crippen molar-refractivity contribution in [2.24, 2.45) is 0 Å². The van der Waals surface area contributed by atoms with Crippen LogP contribution in [0.3, 0.4) is 0 Å². The van der Waals surface area contributed by atoms with Crippen LogP contribution < -0.4 is 0 Å². The molecule has 0 saturated carbocycles. The van der Waals surface area contributed by atoms with Gasteiger partial charge in [-0.3, -0.25) is 0 Å². The lowest BCUT2D eigenvalue weighted by Crippen LogP contribution is -2.08. The summed E-state index contributed by atoms with van der Waals surface area (Å²) < 4.78 is 36.3. The average Bonchev–Trinajstić information content (AvgIpc) is 2.07. The maximum absolute atomic E-state index is 12.1. The summed E-state index contributed by atoms with van der Waals surface area (Å²) in [5, 5.41) is 8.04. The van der Waals surface area contributed by atoms with Crippen LogP contribution in [-0.2, 0) is 12.6 Å². The molecule has 0 spiro atoms. The molecular weight excluding hydrogens is 217 g/mol. The van der Waals surface area contributed by atoms with Gasteiger partial charge >= 0.3 is 6.18 Å². The van der Waals surface area contributed by atoms with Crippen LogP contribution in [0.15, 0.2) is 12.1 Å². The minimum Gasteiger partial charge on any atom is -0.231 e. The third kappa shape index (κ3) is 2.36. The highest BCUT2D eigenvalue weighted by atomic mass is 35.5. The second-order valence-corrected chi connectivity index (χ2v) is 2.84. The van der Waals surface area contributed by atoms with Crippen LogP contribution in [0, 0.1) is 11.3 Å². The van der Waals surface area contributed by atoms with Crippen LogP contribution in [-0.4, -0.2) is 4.98 Å². The smallest absolute Gasteiger partial charge is 0.231 e. The number of aromatic nitrogens is 1. The molecule has 0 radical (unpaired) electrons. The highest BCUT2D eigenvalue weighted by Gasteiger charge is 2.32. The molecule has 74 valence electrons. The second-order valence-electron chi connectivity index (χ2n) is 2.48. The fourth-order valence-corrected chi connectivity index (χ4v) is 1.06. The number of rotatable bonds is 1. The van der Waals surface area contributed by atoms with Gasteiger partial charge in [0.2, 0.25) is 0 Å². The fraction of sp³-hybridized carbons (Fsp3) is 0.250. The normalized spacial score (nSPS) is 11.1. The third-order valence-electron chi connectivity index (χ3n) is 1.49. The van der Waals surface area contributed by atoms with Crippen molar-refractivity contribution >= 4 is 11.6 Å². The monoisotopic (exact) mass is 220 g/mol. The lowest BCUT2D eigenvalue weighted by molar-refractivity contribution is -0.141. The molecule has 1 aromatic rings. The number of pyridine rings is 1. The molecule has 1 rings (SSSR count). The number of nitrogens with zero attached hydrogens (tertiary/aromatic N) is 2. The highest BCUT2D eigenvalue weighted by molar-refractivity contribution is 6.30. The van der Waals surface area contributed by atoms with Crippen molar-refractivity contribution in [3.05, 3.63) is 28.5 Å². The van der Waals surface area contributed by atoms with Crippen LogP contribution >= 0.6 is 11.6 Å². The van der Waals surface area contributed by atoms with E-state index < -0.39 is 11.9 Å². The zero-order valence-electron chi connectivity index (χ0n) is 6.77. The first-order valence-electron chi connectivity index (χ1n) is 3.54. The van der Waals surface area contributed by atoms with Crippen LogP contribution in [0.2, 0.25) is 5.15 Å². The molecule has 0 aliphatic rings. The van der Waals surface area contributed by atoms with E-state index in [-0.39, 0.29) is 11.6 Å². The average molecular weight is 221 g/mol. The lowest BCUT2D eigenvalue weighted by Gasteiger charge is -2.06. The summed E-state index contributed by atoms with van der Waals surface area (Å²) in [6, 6.07) is 3.74. The van der Waals surface area contributed by atoms with Crippen LogP contribution in [0.4, 0.5) is 13.2 Å². The van der Waals surface area contributed by atoms with Gasteiger partial charge in [0, 0.05) is 5.56 Å². The van der Waals surface area contributed by atoms with Crippen molar-refractivity contribution < 1.29 is 13.2 Å². The first kappa shape index (κ1) is 10.8. The van der Waals surface area contributed by atoms with Gasteiger partial charge in [-0.25, -0.2) is 4.98 Å². The lowest BCUT2D eigenvalue weighted by atomic mass is 10.2. The van der Waals surface area contributed by atoms with Gasteiger partial charge in [0.25, 0.3) is 0 Å². The van der Waals surface area contributed by atoms with Crippen molar-refractivity contribution in [3.8, 4) is 6.07 Å². The van der Waals surface area contributed by atoms with E-state index in [1.165, 1.54) is 0 Å². The Labute approximate surface area is 82.9 Å². The molecule has 14 heavy (non-hydrogen) atoms. The first-order chi connectivity index (χ1) is 6.45. The van der Waals surface area contributed by atoms with E-state index >= 15 is 0 Å². The molecule has 0 N–H and O–H groups in total. The minimum atomic E-state index is -4.51. The van der Waals surface area contributed by atoms with E-state index in [4.69, 9.17) is 16.9 Å². The van der Waals surface area contributed by atoms with Crippen LogP contribution in [0.1, 0.15) is 11.3 Å². The third-order valence-corrected chi connectivity index (χ3v) is 1.81. The molecule has 1 heterocycles. The van der Waals surface area contributed by atoms with E-state index in [9.17, 15) is 13.2 Å². The molecule has 0 fully saturated rings. The van der Waals surface area contributed by atoms with Gasteiger partial charge in [0.05, 0.1) is 12.5 Å². The molecule has 0 amide bonds. The molecule has 0 atom stereocenters. The summed E-state index contributed by atoms with van der Waals surface area (Å²) in [5.41, 5.74) is -0.758. The number of hydrogen-bond donors (Lipinski definition) is 0. The Morgan fingerprint density at radius 1 is 1.43 bits per heavy atom. The highest BCUT2D eigenvalue weighted by Crippen LogP contribution is 2.29. The molecule has 0 aromatic carbocycles. The molecule has 0 aliphatic carbocycles. The molecule has 0 saturated heterocycles. The summed E-state index contributed by atoms with van der Waals surface area (Å²) in [7, 11) is 0. The Morgan fingerprint density at radius 3 is 2.50 bits per heavy atom. The van der Waals surface area contributed by atoms with Crippen molar-refractivity contribution in [1.29, 1.82) is 5.26 Å². The van der Waals surface area contributed by atoms with E-state index in [1.54, 1.807) is 6.07 Å². The Hall–Kier alpha value is -1.28. The number of alkyl halides is 3. The Balaban J connectivity index is 3.08. The fourth-order valence-electron chi connectivity index (χ4n) is 0.838. The van der Waals surface area contributed by atoms with Gasteiger partial charge < -0.3 is 0 Å².